The molecule has 0 aliphatic rings. The summed E-state index contributed by atoms with van der Waals surface area (Å²) in [7, 11) is 1.30. The zero-order valence-corrected chi connectivity index (χ0v) is 14.1. The molecule has 0 saturated heterocycles. The number of carbonyl (C=O) groups is 1. The van der Waals surface area contributed by atoms with Crippen molar-refractivity contribution in [2.24, 2.45) is 0 Å². The second-order valence-corrected chi connectivity index (χ2v) is 5.65. The quantitative estimate of drug-likeness (QED) is 0.525. The number of hydrogen-bond donors (Lipinski definition) is 2. The molecule has 1 aromatic carbocycles. The Morgan fingerprint density at radius 1 is 1.35 bits per heavy atom. The molecule has 0 aliphatic carbocycles. The summed E-state index contributed by atoms with van der Waals surface area (Å²) in [6.45, 7) is 0.775. The highest BCUT2D eigenvalue weighted by Crippen LogP contribution is 2.25. The first kappa shape index (κ1) is 17.8. The molecule has 26 heavy (non-hydrogen) atoms. The Morgan fingerprint density at radius 2 is 2.12 bits per heavy atom. The van der Waals surface area contributed by atoms with E-state index in [1.165, 1.54) is 19.2 Å². The number of esters is 1. The van der Waals surface area contributed by atoms with Gasteiger partial charge < -0.3 is 14.5 Å². The van der Waals surface area contributed by atoms with Crippen molar-refractivity contribution in [1.29, 1.82) is 0 Å². The maximum absolute atomic E-state index is 13.1. The van der Waals surface area contributed by atoms with Gasteiger partial charge >= 0.3 is 5.97 Å². The van der Waals surface area contributed by atoms with Crippen LogP contribution in [0.15, 0.2) is 48.8 Å². The lowest BCUT2D eigenvalue weighted by Crippen LogP contribution is -2.08. The summed E-state index contributed by atoms with van der Waals surface area (Å²) in [5.41, 5.74) is 4.63. The highest BCUT2D eigenvalue weighted by atomic mass is 19.1. The van der Waals surface area contributed by atoms with Crippen molar-refractivity contribution in [2.45, 2.75) is 6.54 Å². The van der Waals surface area contributed by atoms with Crippen LogP contribution in [0.2, 0.25) is 0 Å². The van der Waals surface area contributed by atoms with Crippen LogP contribution in [-0.2, 0) is 11.3 Å². The van der Waals surface area contributed by atoms with Gasteiger partial charge in [0, 0.05) is 30.2 Å². The summed E-state index contributed by atoms with van der Waals surface area (Å²) in [5.74, 6) is -0.810. The number of rotatable bonds is 6. The molecular weight excluding hydrogens is 337 g/mol. The number of halogens is 1. The first-order valence-corrected chi connectivity index (χ1v) is 7.98. The number of ether oxygens (including phenoxy) is 1. The van der Waals surface area contributed by atoms with Crippen molar-refractivity contribution in [1.82, 2.24) is 15.0 Å². The third kappa shape index (κ3) is 3.63. The molecule has 0 spiro atoms. The summed E-state index contributed by atoms with van der Waals surface area (Å²) in [4.78, 5) is 16.3. The summed E-state index contributed by atoms with van der Waals surface area (Å²) < 4.78 is 19.9. The van der Waals surface area contributed by atoms with E-state index >= 15 is 0 Å². The predicted molar refractivity (Wildman–Crippen MR) is 95.4 cm³/mol. The standard InChI is InChI=1S/C19H18FN3O3/c1-26-19(24)18-16(3-2-9-22-25)15-8-10-23(17(15)11-21-18)12-13-4-6-14(20)7-5-13/h2-8,10-11,22,25H,9,12H2,1H3/b3-2-. The molecule has 3 rings (SSSR count). The molecule has 0 radical (unpaired) electrons. The number of methoxy groups -OCH3 is 1. The predicted octanol–water partition coefficient (Wildman–Crippen LogP) is 3.00. The van der Waals surface area contributed by atoms with Crippen molar-refractivity contribution < 1.29 is 19.1 Å². The monoisotopic (exact) mass is 355 g/mol. The molecule has 2 heterocycles. The summed E-state index contributed by atoms with van der Waals surface area (Å²) >= 11 is 0. The molecule has 6 nitrogen and oxygen atoms in total. The smallest absolute Gasteiger partial charge is 0.357 e. The van der Waals surface area contributed by atoms with E-state index in [9.17, 15) is 9.18 Å². The topological polar surface area (TPSA) is 76.4 Å². The van der Waals surface area contributed by atoms with Crippen LogP contribution in [-0.4, -0.2) is 34.4 Å². The number of carbonyl (C=O) groups excluding carboxylic acids is 1. The molecule has 0 atom stereocenters. The Balaban J connectivity index is 2.04. The molecule has 134 valence electrons. The van der Waals surface area contributed by atoms with Crippen molar-refractivity contribution in [2.75, 3.05) is 13.7 Å². The van der Waals surface area contributed by atoms with E-state index in [0.717, 1.165) is 16.5 Å². The molecular formula is C19H18FN3O3. The molecule has 0 saturated carbocycles. The number of aromatic nitrogens is 2. The Bertz CT molecular complexity index is 949. The van der Waals surface area contributed by atoms with Gasteiger partial charge in [-0.25, -0.2) is 19.6 Å². The van der Waals surface area contributed by atoms with Crippen LogP contribution in [0.1, 0.15) is 21.6 Å². The summed E-state index contributed by atoms with van der Waals surface area (Å²) in [6, 6.07) is 8.19. The lowest BCUT2D eigenvalue weighted by molar-refractivity contribution is 0.0594. The maximum Gasteiger partial charge on any atom is 0.357 e. The lowest BCUT2D eigenvalue weighted by Gasteiger charge is -2.09. The van der Waals surface area contributed by atoms with Gasteiger partial charge in [-0.05, 0) is 23.8 Å². The Hall–Kier alpha value is -3.03. The SMILES string of the molecule is COC(=O)c1ncc2c(ccn2Cc2ccc(F)cc2)c1/C=C\CNO. The number of fused-ring (bicyclic) bond motifs is 1. The second kappa shape index (κ2) is 7.90. The molecule has 0 aliphatic heterocycles. The number of benzene rings is 1. The van der Waals surface area contributed by atoms with Crippen molar-refractivity contribution in [3.63, 3.8) is 0 Å². The molecule has 2 N–H and O–H groups in total. The van der Waals surface area contributed by atoms with E-state index in [2.05, 4.69) is 4.98 Å². The molecule has 0 fully saturated rings. The van der Waals surface area contributed by atoms with Gasteiger partial charge in [0.15, 0.2) is 5.69 Å². The number of nitrogens with zero attached hydrogens (tertiary/aromatic N) is 2. The van der Waals surface area contributed by atoms with Crippen molar-refractivity contribution in [3.05, 3.63) is 71.4 Å². The van der Waals surface area contributed by atoms with Gasteiger partial charge in [-0.3, -0.25) is 0 Å². The number of hydrogen-bond acceptors (Lipinski definition) is 5. The largest absolute Gasteiger partial charge is 0.464 e. The number of hydroxylamine groups is 1. The van der Waals surface area contributed by atoms with Gasteiger partial charge in [-0.1, -0.05) is 24.3 Å². The lowest BCUT2D eigenvalue weighted by atomic mass is 10.1. The molecule has 3 aromatic rings. The molecule has 7 heteroatoms. The number of pyridine rings is 1. The molecule has 2 aromatic heterocycles. The van der Waals surface area contributed by atoms with E-state index in [1.54, 1.807) is 30.5 Å². The Kier molecular flexibility index (Phi) is 5.40. The highest BCUT2D eigenvalue weighted by Gasteiger charge is 2.16. The van der Waals surface area contributed by atoms with Gasteiger partial charge in [0.05, 0.1) is 18.8 Å². The minimum atomic E-state index is -0.533. The fraction of sp³-hybridized carbons (Fsp3) is 0.158. The van der Waals surface area contributed by atoms with Gasteiger partial charge in [-0.15, -0.1) is 0 Å². The van der Waals surface area contributed by atoms with Crippen LogP contribution in [0.5, 0.6) is 0 Å². The first-order valence-electron chi connectivity index (χ1n) is 7.98. The van der Waals surface area contributed by atoms with Crippen LogP contribution >= 0.6 is 0 Å². The molecule has 0 unspecified atom stereocenters. The normalized spacial score (nSPS) is 11.3. The van der Waals surface area contributed by atoms with Gasteiger partial charge in [0.1, 0.15) is 5.82 Å². The fourth-order valence-electron chi connectivity index (χ4n) is 2.76. The van der Waals surface area contributed by atoms with E-state index in [0.29, 0.717) is 12.1 Å². The van der Waals surface area contributed by atoms with Crippen LogP contribution in [0, 0.1) is 5.82 Å². The molecule has 0 bridgehead atoms. The van der Waals surface area contributed by atoms with Gasteiger partial charge in [0.2, 0.25) is 0 Å². The average Bonchev–Trinajstić information content (AvgIpc) is 3.06. The van der Waals surface area contributed by atoms with E-state index < -0.39 is 5.97 Å². The average molecular weight is 355 g/mol. The van der Waals surface area contributed by atoms with E-state index in [-0.39, 0.29) is 18.1 Å². The first-order chi connectivity index (χ1) is 12.6. The van der Waals surface area contributed by atoms with Gasteiger partial charge in [-0.2, -0.15) is 0 Å². The van der Waals surface area contributed by atoms with E-state index in [1.807, 2.05) is 22.3 Å². The van der Waals surface area contributed by atoms with E-state index in [4.69, 9.17) is 9.94 Å². The van der Waals surface area contributed by atoms with Crippen molar-refractivity contribution in [3.8, 4) is 0 Å². The zero-order chi connectivity index (χ0) is 18.5. The summed E-state index contributed by atoms with van der Waals surface area (Å²) in [5, 5.41) is 9.56. The number of nitrogens with one attached hydrogen (secondary N) is 1. The third-order valence-corrected chi connectivity index (χ3v) is 4.01. The minimum absolute atomic E-state index is 0.203. The zero-order valence-electron chi connectivity index (χ0n) is 14.1. The second-order valence-electron chi connectivity index (χ2n) is 5.65. The Morgan fingerprint density at radius 3 is 2.81 bits per heavy atom. The third-order valence-electron chi connectivity index (χ3n) is 4.01. The van der Waals surface area contributed by atoms with Crippen LogP contribution in [0.4, 0.5) is 4.39 Å². The Labute approximate surface area is 149 Å². The highest BCUT2D eigenvalue weighted by molar-refractivity contribution is 6.00. The maximum atomic E-state index is 13.1. The van der Waals surface area contributed by atoms with Crippen LogP contribution in [0.25, 0.3) is 17.0 Å². The van der Waals surface area contributed by atoms with Crippen molar-refractivity contribution >= 4 is 22.9 Å². The molecule has 0 amide bonds. The van der Waals surface area contributed by atoms with Crippen LogP contribution < -0.4 is 5.48 Å². The van der Waals surface area contributed by atoms with Gasteiger partial charge in [0.25, 0.3) is 0 Å². The van der Waals surface area contributed by atoms with Crippen LogP contribution in [0.3, 0.4) is 0 Å². The minimum Gasteiger partial charge on any atom is -0.464 e. The fourth-order valence-corrected chi connectivity index (χ4v) is 2.76. The summed E-state index contributed by atoms with van der Waals surface area (Å²) in [6.07, 6.45) is 6.90.